The molecule has 0 aliphatic carbocycles. The SMILES string of the molecule is O=C(Nc1ccccc1)N1CC(=O)N2[C@H](CO)[C@@H](c3ccc(-c4ccc(F)cc4)cc3)[C@H]2C1. The van der Waals surface area contributed by atoms with Gasteiger partial charge in [-0.15, -0.1) is 0 Å². The molecule has 5 rings (SSSR count). The minimum Gasteiger partial charge on any atom is -0.394 e. The van der Waals surface area contributed by atoms with Crippen LogP contribution >= 0.6 is 0 Å². The zero-order valence-electron chi connectivity index (χ0n) is 17.9. The van der Waals surface area contributed by atoms with E-state index in [1.54, 1.807) is 29.2 Å². The number of para-hydroxylation sites is 1. The number of hydrogen-bond donors (Lipinski definition) is 2. The van der Waals surface area contributed by atoms with Crippen LogP contribution in [0.2, 0.25) is 0 Å². The highest BCUT2D eigenvalue weighted by Gasteiger charge is 2.54. The average molecular weight is 445 g/mol. The first-order valence-corrected chi connectivity index (χ1v) is 10.9. The molecule has 2 saturated heterocycles. The Bertz CT molecular complexity index is 1150. The Balaban J connectivity index is 1.34. The number of carbonyl (C=O) groups excluding carboxylic acids is 2. The summed E-state index contributed by atoms with van der Waals surface area (Å²) in [6.07, 6.45) is 0. The molecule has 2 N–H and O–H groups in total. The predicted octanol–water partition coefficient (Wildman–Crippen LogP) is 3.70. The van der Waals surface area contributed by atoms with E-state index < -0.39 is 0 Å². The van der Waals surface area contributed by atoms with Crippen molar-refractivity contribution in [3.63, 3.8) is 0 Å². The maximum atomic E-state index is 13.2. The number of hydrogen-bond acceptors (Lipinski definition) is 3. The van der Waals surface area contributed by atoms with Crippen molar-refractivity contribution in [1.82, 2.24) is 9.80 Å². The molecule has 0 aromatic heterocycles. The van der Waals surface area contributed by atoms with Crippen molar-refractivity contribution in [3.05, 3.63) is 90.2 Å². The van der Waals surface area contributed by atoms with Gasteiger partial charge in [0.25, 0.3) is 0 Å². The van der Waals surface area contributed by atoms with Crippen molar-refractivity contribution in [2.75, 3.05) is 25.0 Å². The number of nitrogens with one attached hydrogen (secondary N) is 1. The standard InChI is InChI=1S/C26H24FN3O3/c27-20-12-10-18(11-13-20)17-6-8-19(9-7-17)25-22-14-29(15-24(32)30(22)23(25)16-31)26(33)28-21-4-2-1-3-5-21/h1-13,22-23,25,31H,14-16H2,(H,28,33)/t22-,23-,25+/m1/s1. The Labute approximate surface area is 191 Å². The molecule has 7 heteroatoms. The fourth-order valence-electron chi connectivity index (χ4n) is 4.92. The van der Waals surface area contributed by atoms with Crippen LogP contribution in [0.4, 0.5) is 14.9 Å². The Kier molecular flexibility index (Phi) is 5.56. The summed E-state index contributed by atoms with van der Waals surface area (Å²) in [5.74, 6) is -0.514. The molecule has 2 aliphatic heterocycles. The number of rotatable bonds is 4. The lowest BCUT2D eigenvalue weighted by Crippen LogP contribution is -2.73. The maximum absolute atomic E-state index is 13.2. The molecular weight excluding hydrogens is 421 g/mol. The largest absolute Gasteiger partial charge is 0.394 e. The minimum absolute atomic E-state index is 0.0120. The van der Waals surface area contributed by atoms with E-state index in [9.17, 15) is 19.1 Å². The van der Waals surface area contributed by atoms with Gasteiger partial charge in [0.1, 0.15) is 12.4 Å². The quantitative estimate of drug-likeness (QED) is 0.643. The van der Waals surface area contributed by atoms with Crippen LogP contribution in [0, 0.1) is 5.82 Å². The number of amides is 3. The van der Waals surface area contributed by atoms with E-state index in [-0.39, 0.29) is 48.9 Å². The first kappa shape index (κ1) is 21.2. The first-order chi connectivity index (χ1) is 16.0. The van der Waals surface area contributed by atoms with Crippen LogP contribution in [0.3, 0.4) is 0 Å². The molecule has 2 fully saturated rings. The van der Waals surface area contributed by atoms with Crippen LogP contribution in [0.1, 0.15) is 11.5 Å². The van der Waals surface area contributed by atoms with Gasteiger partial charge in [-0.1, -0.05) is 54.6 Å². The van der Waals surface area contributed by atoms with Gasteiger partial charge in [0, 0.05) is 18.2 Å². The van der Waals surface area contributed by atoms with Crippen LogP contribution < -0.4 is 5.32 Å². The average Bonchev–Trinajstić information content (AvgIpc) is 2.82. The summed E-state index contributed by atoms with van der Waals surface area (Å²) in [5.41, 5.74) is 3.54. The van der Waals surface area contributed by atoms with Gasteiger partial charge in [-0.2, -0.15) is 0 Å². The number of aliphatic hydroxyl groups excluding tert-OH is 1. The monoisotopic (exact) mass is 445 g/mol. The molecule has 168 valence electrons. The van der Waals surface area contributed by atoms with Gasteiger partial charge in [0.2, 0.25) is 5.91 Å². The third kappa shape index (κ3) is 3.96. The molecule has 0 saturated carbocycles. The summed E-state index contributed by atoms with van der Waals surface area (Å²) in [7, 11) is 0. The van der Waals surface area contributed by atoms with Crippen molar-refractivity contribution in [2.45, 2.75) is 18.0 Å². The summed E-state index contributed by atoms with van der Waals surface area (Å²) in [6, 6.07) is 22.5. The molecule has 3 aromatic carbocycles. The number of nitrogens with zero attached hydrogens (tertiary/aromatic N) is 2. The summed E-state index contributed by atoms with van der Waals surface area (Å²) in [5, 5.41) is 12.8. The van der Waals surface area contributed by atoms with Gasteiger partial charge >= 0.3 is 6.03 Å². The lowest BCUT2D eigenvalue weighted by Gasteiger charge is -2.58. The lowest BCUT2D eigenvalue weighted by molar-refractivity contribution is -0.159. The highest BCUT2D eigenvalue weighted by atomic mass is 19.1. The number of piperazine rings is 1. The van der Waals surface area contributed by atoms with Crippen LogP contribution in [0.5, 0.6) is 0 Å². The van der Waals surface area contributed by atoms with E-state index in [1.807, 2.05) is 42.5 Å². The van der Waals surface area contributed by atoms with Gasteiger partial charge in [-0.05, 0) is 41.0 Å². The first-order valence-electron chi connectivity index (χ1n) is 10.9. The van der Waals surface area contributed by atoms with E-state index >= 15 is 0 Å². The normalized spacial score (nSPS) is 21.9. The second kappa shape index (κ2) is 8.67. The summed E-state index contributed by atoms with van der Waals surface area (Å²) in [4.78, 5) is 28.8. The van der Waals surface area contributed by atoms with Crippen molar-refractivity contribution in [3.8, 4) is 11.1 Å². The third-order valence-corrected chi connectivity index (χ3v) is 6.54. The van der Waals surface area contributed by atoms with Gasteiger partial charge in [0.15, 0.2) is 0 Å². The zero-order valence-corrected chi connectivity index (χ0v) is 17.9. The highest BCUT2D eigenvalue weighted by molar-refractivity contribution is 5.93. The molecule has 3 amide bonds. The molecule has 2 heterocycles. The van der Waals surface area contributed by atoms with Crippen molar-refractivity contribution >= 4 is 17.6 Å². The van der Waals surface area contributed by atoms with Crippen molar-refractivity contribution in [2.24, 2.45) is 0 Å². The number of urea groups is 1. The van der Waals surface area contributed by atoms with Crippen molar-refractivity contribution < 1.29 is 19.1 Å². The molecule has 3 atom stereocenters. The highest BCUT2D eigenvalue weighted by Crippen LogP contribution is 2.43. The fourth-order valence-corrected chi connectivity index (χ4v) is 4.92. The summed E-state index contributed by atoms with van der Waals surface area (Å²) < 4.78 is 13.2. The van der Waals surface area contributed by atoms with Gasteiger partial charge in [0.05, 0.1) is 18.7 Å². The molecule has 0 bridgehead atoms. The predicted molar refractivity (Wildman–Crippen MR) is 123 cm³/mol. The van der Waals surface area contributed by atoms with Gasteiger partial charge < -0.3 is 20.2 Å². The number of fused-ring (bicyclic) bond motifs is 1. The lowest BCUT2D eigenvalue weighted by atomic mass is 9.73. The second-order valence-electron chi connectivity index (χ2n) is 8.45. The number of benzene rings is 3. The van der Waals surface area contributed by atoms with Crippen molar-refractivity contribution in [1.29, 1.82) is 0 Å². The summed E-state index contributed by atoms with van der Waals surface area (Å²) in [6.45, 7) is 0.246. The second-order valence-corrected chi connectivity index (χ2v) is 8.45. The Morgan fingerprint density at radius 1 is 0.970 bits per heavy atom. The molecule has 0 radical (unpaired) electrons. The molecule has 2 aliphatic rings. The third-order valence-electron chi connectivity index (χ3n) is 6.54. The van der Waals surface area contributed by atoms with Crippen LogP contribution in [-0.4, -0.2) is 58.6 Å². The number of halogens is 1. The summed E-state index contributed by atoms with van der Waals surface area (Å²) >= 11 is 0. The zero-order chi connectivity index (χ0) is 22.9. The van der Waals surface area contributed by atoms with E-state index in [0.29, 0.717) is 12.2 Å². The van der Waals surface area contributed by atoms with Crippen LogP contribution in [0.15, 0.2) is 78.9 Å². The van der Waals surface area contributed by atoms with E-state index in [1.165, 1.54) is 17.0 Å². The molecule has 0 unspecified atom stereocenters. The van der Waals surface area contributed by atoms with E-state index in [2.05, 4.69) is 5.32 Å². The molecule has 33 heavy (non-hydrogen) atoms. The molecule has 0 spiro atoms. The molecule has 3 aromatic rings. The smallest absolute Gasteiger partial charge is 0.322 e. The Morgan fingerprint density at radius 3 is 2.24 bits per heavy atom. The minimum atomic E-state index is -0.313. The number of carbonyl (C=O) groups is 2. The number of aliphatic hydroxyl groups is 1. The Morgan fingerprint density at radius 2 is 1.61 bits per heavy atom. The fraction of sp³-hybridized carbons (Fsp3) is 0.231. The van der Waals surface area contributed by atoms with Crippen LogP contribution in [-0.2, 0) is 4.79 Å². The number of anilines is 1. The topological polar surface area (TPSA) is 72.9 Å². The molecular formula is C26H24FN3O3. The van der Waals surface area contributed by atoms with Crippen LogP contribution in [0.25, 0.3) is 11.1 Å². The Hall–Kier alpha value is -3.71. The van der Waals surface area contributed by atoms with E-state index in [4.69, 9.17) is 0 Å². The molecule has 6 nitrogen and oxygen atoms in total. The van der Waals surface area contributed by atoms with Gasteiger partial charge in [-0.3, -0.25) is 4.79 Å². The van der Waals surface area contributed by atoms with Gasteiger partial charge in [-0.25, -0.2) is 9.18 Å². The maximum Gasteiger partial charge on any atom is 0.322 e. The van der Waals surface area contributed by atoms with E-state index in [0.717, 1.165) is 16.7 Å².